The van der Waals surface area contributed by atoms with Crippen LogP contribution in [0.3, 0.4) is 0 Å². The highest BCUT2D eigenvalue weighted by Gasteiger charge is 2.26. The quantitative estimate of drug-likeness (QED) is 0.812. The Morgan fingerprint density at radius 1 is 1.33 bits per heavy atom. The van der Waals surface area contributed by atoms with Gasteiger partial charge in [0.2, 0.25) is 0 Å². The van der Waals surface area contributed by atoms with Gasteiger partial charge in [-0.3, -0.25) is 0 Å². The Labute approximate surface area is 96.8 Å². The highest BCUT2D eigenvalue weighted by Crippen LogP contribution is 2.30. The van der Waals surface area contributed by atoms with Crippen molar-refractivity contribution in [2.45, 2.75) is 26.2 Å². The normalized spacial score (nSPS) is 26.5. The average molecular weight is 224 g/mol. The van der Waals surface area contributed by atoms with Gasteiger partial charge in [0, 0.05) is 11.6 Å². The summed E-state index contributed by atoms with van der Waals surface area (Å²) in [6.45, 7) is 4.68. The minimum Gasteiger partial charge on any atom is -0.316 e. The predicted octanol–water partition coefficient (Wildman–Crippen LogP) is 3.27. The number of nitrogens with one attached hydrogen (secondary N) is 1. The molecule has 82 valence electrons. The van der Waals surface area contributed by atoms with Crippen LogP contribution in [0.15, 0.2) is 24.3 Å². The fourth-order valence-corrected chi connectivity index (χ4v) is 2.49. The van der Waals surface area contributed by atoms with Crippen molar-refractivity contribution in [3.05, 3.63) is 34.9 Å². The first-order valence-electron chi connectivity index (χ1n) is 5.63. The number of halogens is 1. The minimum atomic E-state index is 0.423. The lowest BCUT2D eigenvalue weighted by Gasteiger charge is -2.34. The molecule has 1 fully saturated rings. The van der Waals surface area contributed by atoms with Crippen LogP contribution in [0, 0.1) is 5.41 Å². The summed E-state index contributed by atoms with van der Waals surface area (Å²) < 4.78 is 0. The first-order chi connectivity index (χ1) is 7.18. The number of rotatable bonds is 2. The summed E-state index contributed by atoms with van der Waals surface area (Å²) in [6.07, 6.45) is 3.77. The Kier molecular flexibility index (Phi) is 3.32. The third-order valence-corrected chi connectivity index (χ3v) is 3.48. The SMILES string of the molecule is C[C@@]1(Cc2ccc(Cl)cc2)CCCNC1. The van der Waals surface area contributed by atoms with Crippen molar-refractivity contribution >= 4 is 11.6 Å². The Morgan fingerprint density at radius 2 is 2.07 bits per heavy atom. The summed E-state index contributed by atoms with van der Waals surface area (Å²) in [6, 6.07) is 8.25. The van der Waals surface area contributed by atoms with Gasteiger partial charge in [0.1, 0.15) is 0 Å². The fourth-order valence-electron chi connectivity index (χ4n) is 2.36. The van der Waals surface area contributed by atoms with E-state index in [9.17, 15) is 0 Å². The lowest BCUT2D eigenvalue weighted by molar-refractivity contribution is 0.235. The maximum atomic E-state index is 5.88. The van der Waals surface area contributed by atoms with Crippen LogP contribution >= 0.6 is 11.6 Å². The lowest BCUT2D eigenvalue weighted by Crippen LogP contribution is -2.39. The highest BCUT2D eigenvalue weighted by molar-refractivity contribution is 6.30. The van der Waals surface area contributed by atoms with E-state index in [1.54, 1.807) is 0 Å². The smallest absolute Gasteiger partial charge is 0.0406 e. The summed E-state index contributed by atoms with van der Waals surface area (Å²) in [5, 5.41) is 4.31. The molecule has 0 amide bonds. The molecular formula is C13H18ClN. The van der Waals surface area contributed by atoms with Crippen LogP contribution in [-0.2, 0) is 6.42 Å². The highest BCUT2D eigenvalue weighted by atomic mass is 35.5. The predicted molar refractivity (Wildman–Crippen MR) is 65.4 cm³/mol. The molecule has 2 rings (SSSR count). The monoisotopic (exact) mass is 223 g/mol. The Balaban J connectivity index is 2.03. The van der Waals surface area contributed by atoms with E-state index < -0.39 is 0 Å². The third kappa shape index (κ3) is 2.96. The van der Waals surface area contributed by atoms with Gasteiger partial charge in [-0.2, -0.15) is 0 Å². The van der Waals surface area contributed by atoms with Gasteiger partial charge in [-0.25, -0.2) is 0 Å². The van der Waals surface area contributed by atoms with E-state index in [1.165, 1.54) is 24.9 Å². The molecule has 15 heavy (non-hydrogen) atoms. The molecule has 0 spiro atoms. The van der Waals surface area contributed by atoms with Crippen molar-refractivity contribution in [3.8, 4) is 0 Å². The first-order valence-corrected chi connectivity index (χ1v) is 6.01. The summed E-state index contributed by atoms with van der Waals surface area (Å²) in [7, 11) is 0. The molecular weight excluding hydrogens is 206 g/mol. The lowest BCUT2D eigenvalue weighted by atomic mass is 9.78. The largest absolute Gasteiger partial charge is 0.316 e. The van der Waals surface area contributed by atoms with Crippen molar-refractivity contribution in [2.24, 2.45) is 5.41 Å². The average Bonchev–Trinajstić information content (AvgIpc) is 2.22. The van der Waals surface area contributed by atoms with Gasteiger partial charge in [-0.05, 0) is 48.9 Å². The molecule has 2 heteroatoms. The van der Waals surface area contributed by atoms with Crippen LogP contribution in [0.1, 0.15) is 25.3 Å². The van der Waals surface area contributed by atoms with Crippen LogP contribution in [0.2, 0.25) is 5.02 Å². The number of hydrogen-bond donors (Lipinski definition) is 1. The number of hydrogen-bond acceptors (Lipinski definition) is 1. The second-order valence-electron chi connectivity index (χ2n) is 4.89. The van der Waals surface area contributed by atoms with Gasteiger partial charge >= 0.3 is 0 Å². The summed E-state index contributed by atoms with van der Waals surface area (Å²) in [5.41, 5.74) is 1.82. The Hall–Kier alpha value is -0.530. The molecule has 1 aromatic carbocycles. The Morgan fingerprint density at radius 3 is 2.67 bits per heavy atom. The van der Waals surface area contributed by atoms with E-state index in [4.69, 9.17) is 11.6 Å². The molecule has 0 radical (unpaired) electrons. The molecule has 0 unspecified atom stereocenters. The molecule has 1 aliphatic rings. The van der Waals surface area contributed by atoms with Crippen molar-refractivity contribution in [1.29, 1.82) is 0 Å². The summed E-state index contributed by atoms with van der Waals surface area (Å²) in [5.74, 6) is 0. The van der Waals surface area contributed by atoms with Gasteiger partial charge in [0.05, 0.1) is 0 Å². The van der Waals surface area contributed by atoms with Crippen molar-refractivity contribution in [1.82, 2.24) is 5.32 Å². The van der Waals surface area contributed by atoms with Crippen LogP contribution < -0.4 is 5.32 Å². The Bertz CT molecular complexity index is 312. The maximum Gasteiger partial charge on any atom is 0.0406 e. The molecule has 1 nitrogen and oxygen atoms in total. The van der Waals surface area contributed by atoms with Gasteiger partial charge in [0.25, 0.3) is 0 Å². The van der Waals surface area contributed by atoms with Crippen LogP contribution in [-0.4, -0.2) is 13.1 Å². The van der Waals surface area contributed by atoms with E-state index in [1.807, 2.05) is 12.1 Å². The molecule has 0 saturated carbocycles. The van der Waals surface area contributed by atoms with E-state index in [-0.39, 0.29) is 0 Å². The van der Waals surface area contributed by atoms with Gasteiger partial charge in [-0.15, -0.1) is 0 Å². The van der Waals surface area contributed by atoms with Gasteiger partial charge in [-0.1, -0.05) is 30.7 Å². The number of benzene rings is 1. The standard InChI is InChI=1S/C13H18ClN/c1-13(7-2-8-15-10-13)9-11-3-5-12(14)6-4-11/h3-6,15H,2,7-10H2,1H3/t13-/m0/s1. The van der Waals surface area contributed by atoms with E-state index in [0.717, 1.165) is 18.0 Å². The van der Waals surface area contributed by atoms with Crippen LogP contribution in [0.4, 0.5) is 0 Å². The van der Waals surface area contributed by atoms with Crippen molar-refractivity contribution in [2.75, 3.05) is 13.1 Å². The second kappa shape index (κ2) is 4.54. The molecule has 1 heterocycles. The molecule has 0 aliphatic carbocycles. The maximum absolute atomic E-state index is 5.88. The zero-order valence-corrected chi connectivity index (χ0v) is 9.98. The summed E-state index contributed by atoms with van der Waals surface area (Å²) in [4.78, 5) is 0. The zero-order chi connectivity index (χ0) is 10.7. The van der Waals surface area contributed by atoms with Crippen molar-refractivity contribution in [3.63, 3.8) is 0 Å². The third-order valence-electron chi connectivity index (χ3n) is 3.23. The molecule has 0 bridgehead atoms. The molecule has 0 aromatic heterocycles. The first kappa shape index (κ1) is 11.0. The summed E-state index contributed by atoms with van der Waals surface area (Å²) >= 11 is 5.88. The second-order valence-corrected chi connectivity index (χ2v) is 5.33. The van der Waals surface area contributed by atoms with E-state index in [0.29, 0.717) is 5.41 Å². The van der Waals surface area contributed by atoms with Crippen LogP contribution in [0.25, 0.3) is 0 Å². The zero-order valence-electron chi connectivity index (χ0n) is 9.22. The minimum absolute atomic E-state index is 0.423. The van der Waals surface area contributed by atoms with Gasteiger partial charge < -0.3 is 5.32 Å². The van der Waals surface area contributed by atoms with Crippen LogP contribution in [0.5, 0.6) is 0 Å². The molecule has 1 saturated heterocycles. The van der Waals surface area contributed by atoms with E-state index in [2.05, 4.69) is 24.4 Å². The molecule has 1 N–H and O–H groups in total. The molecule has 1 aliphatic heterocycles. The molecule has 1 atom stereocenters. The van der Waals surface area contributed by atoms with E-state index >= 15 is 0 Å². The fraction of sp³-hybridized carbons (Fsp3) is 0.538. The topological polar surface area (TPSA) is 12.0 Å². The molecule has 1 aromatic rings. The number of piperidine rings is 1. The van der Waals surface area contributed by atoms with Gasteiger partial charge in [0.15, 0.2) is 0 Å². The van der Waals surface area contributed by atoms with Crippen molar-refractivity contribution < 1.29 is 0 Å².